The third-order valence-electron chi connectivity index (χ3n) is 5.13. The van der Waals surface area contributed by atoms with Gasteiger partial charge in [0.05, 0.1) is 12.1 Å². The maximum atomic E-state index is 11.9. The number of aliphatic hydroxyl groups excluding tert-OH is 1. The smallest absolute Gasteiger partial charge is 0.237 e. The van der Waals surface area contributed by atoms with E-state index in [0.29, 0.717) is 0 Å². The number of amides is 1. The maximum Gasteiger partial charge on any atom is 0.237 e. The lowest BCUT2D eigenvalue weighted by Gasteiger charge is -2.30. The summed E-state index contributed by atoms with van der Waals surface area (Å²) >= 11 is 0. The summed E-state index contributed by atoms with van der Waals surface area (Å²) in [6, 6.07) is -0.585. The summed E-state index contributed by atoms with van der Waals surface area (Å²) in [7, 11) is -2.69. The average Bonchev–Trinajstić information content (AvgIpc) is 2.56. The second-order valence-corrected chi connectivity index (χ2v) is 8.31. The second kappa shape index (κ2) is 10.4. The van der Waals surface area contributed by atoms with Gasteiger partial charge in [0, 0.05) is 12.2 Å². The second-order valence-electron chi connectivity index (χ2n) is 6.89. The van der Waals surface area contributed by atoms with Gasteiger partial charge in [-0.05, 0) is 31.1 Å². The number of carbonyl (C=O) groups excluding carboxylic acids is 1. The molecular weight excluding hydrogens is 315 g/mol. The molecule has 0 spiro atoms. The van der Waals surface area contributed by atoms with E-state index >= 15 is 0 Å². The van der Waals surface area contributed by atoms with Crippen LogP contribution in [0.25, 0.3) is 0 Å². The van der Waals surface area contributed by atoms with Crippen LogP contribution in [0.1, 0.15) is 58.8 Å². The average molecular weight is 348 g/mol. The summed E-state index contributed by atoms with van der Waals surface area (Å²) in [5.41, 5.74) is 5.49. The van der Waals surface area contributed by atoms with Gasteiger partial charge in [-0.15, -0.1) is 0 Å². The van der Waals surface area contributed by atoms with Gasteiger partial charge in [0.2, 0.25) is 5.91 Å². The first-order valence-corrected chi connectivity index (χ1v) is 10.2. The Hall–Kier alpha value is -0.420. The lowest BCUT2D eigenvalue weighted by Crippen LogP contribution is -2.47. The Balaban J connectivity index is 2.44. The molecule has 1 rings (SSSR count). The largest absolute Gasteiger partial charge is 0.391 e. The number of rotatable bonds is 9. The Kier molecular flexibility index (Phi) is 9.37. The van der Waals surface area contributed by atoms with Gasteiger partial charge in [0.15, 0.2) is 8.03 Å². The molecule has 0 heterocycles. The normalized spacial score (nSPS) is 22.8. The highest BCUT2D eigenvalue weighted by molar-refractivity contribution is 7.38. The van der Waals surface area contributed by atoms with Crippen molar-refractivity contribution in [2.45, 2.75) is 76.6 Å². The quantitative estimate of drug-likeness (QED) is 0.473. The van der Waals surface area contributed by atoms with E-state index < -0.39 is 20.2 Å². The molecule has 0 bridgehead atoms. The van der Waals surface area contributed by atoms with Crippen LogP contribution in [0.2, 0.25) is 0 Å². The summed E-state index contributed by atoms with van der Waals surface area (Å²) in [4.78, 5) is 21.5. The molecule has 0 aliphatic heterocycles. The summed E-state index contributed by atoms with van der Waals surface area (Å²) in [6.45, 7) is 3.97. The molecule has 0 aromatic rings. The SMILES string of the molecule is CCC(C)C(N)C(=O)NC[C@H](O)CC(C1CCCCC1)[PH](=O)O. The molecule has 7 heteroatoms. The topological polar surface area (TPSA) is 113 Å². The van der Waals surface area contributed by atoms with E-state index in [-0.39, 0.29) is 36.4 Å². The highest BCUT2D eigenvalue weighted by Gasteiger charge is 2.30. The van der Waals surface area contributed by atoms with Crippen LogP contribution in [0.4, 0.5) is 0 Å². The van der Waals surface area contributed by atoms with Gasteiger partial charge >= 0.3 is 0 Å². The van der Waals surface area contributed by atoms with E-state index in [2.05, 4.69) is 5.32 Å². The molecule has 0 radical (unpaired) electrons. The van der Waals surface area contributed by atoms with Crippen LogP contribution < -0.4 is 11.1 Å². The van der Waals surface area contributed by atoms with Crippen LogP contribution in [0.5, 0.6) is 0 Å². The molecule has 4 unspecified atom stereocenters. The van der Waals surface area contributed by atoms with Gasteiger partial charge in [-0.25, -0.2) is 0 Å². The number of aliphatic hydroxyl groups is 1. The van der Waals surface area contributed by atoms with E-state index in [0.717, 1.165) is 32.1 Å². The molecule has 6 nitrogen and oxygen atoms in total. The van der Waals surface area contributed by atoms with Crippen molar-refractivity contribution in [2.24, 2.45) is 17.6 Å². The third kappa shape index (κ3) is 6.92. The van der Waals surface area contributed by atoms with E-state index in [9.17, 15) is 19.4 Å². The molecule has 1 fully saturated rings. The summed E-state index contributed by atoms with van der Waals surface area (Å²) in [6.07, 6.45) is 5.54. The molecule has 136 valence electrons. The van der Waals surface area contributed by atoms with E-state index in [1.807, 2.05) is 13.8 Å². The van der Waals surface area contributed by atoms with Crippen LogP contribution in [-0.2, 0) is 9.36 Å². The number of nitrogens with one attached hydrogen (secondary N) is 1. The number of hydrogen-bond acceptors (Lipinski definition) is 4. The monoisotopic (exact) mass is 348 g/mol. The minimum atomic E-state index is -2.69. The minimum absolute atomic E-state index is 0.0797. The van der Waals surface area contributed by atoms with Crippen LogP contribution in [0, 0.1) is 11.8 Å². The first-order valence-electron chi connectivity index (χ1n) is 8.80. The van der Waals surface area contributed by atoms with Crippen molar-refractivity contribution in [1.82, 2.24) is 5.32 Å². The van der Waals surface area contributed by atoms with Crippen LogP contribution >= 0.6 is 8.03 Å². The highest BCUT2D eigenvalue weighted by Crippen LogP contribution is 2.40. The van der Waals surface area contributed by atoms with Gasteiger partial charge in [-0.1, -0.05) is 39.5 Å². The van der Waals surface area contributed by atoms with Crippen molar-refractivity contribution in [3.63, 3.8) is 0 Å². The van der Waals surface area contributed by atoms with E-state index in [1.54, 1.807) is 0 Å². The van der Waals surface area contributed by atoms with E-state index in [4.69, 9.17) is 5.73 Å². The standard InChI is InChI=1S/C16H33N2O4P/c1-3-11(2)15(17)16(20)18-10-13(19)9-14(23(21)22)12-7-5-4-6-8-12/h11-15,19,23H,3-10,17H2,1-2H3,(H,18,20)(H,21,22)/t11?,13-,14?,15?/m1/s1. The highest BCUT2D eigenvalue weighted by atomic mass is 31.1. The zero-order valence-corrected chi connectivity index (χ0v) is 15.3. The molecule has 1 saturated carbocycles. The molecule has 0 saturated heterocycles. The Morgan fingerprint density at radius 2 is 1.96 bits per heavy atom. The fourth-order valence-corrected chi connectivity index (χ4v) is 4.47. The Bertz CT molecular complexity index is 388. The fourth-order valence-electron chi connectivity index (χ4n) is 3.26. The number of hydrogen-bond donors (Lipinski definition) is 4. The van der Waals surface area contributed by atoms with Crippen molar-refractivity contribution in [3.05, 3.63) is 0 Å². The Labute approximate surface area is 140 Å². The lowest BCUT2D eigenvalue weighted by atomic mass is 9.85. The van der Waals surface area contributed by atoms with Crippen molar-refractivity contribution < 1.29 is 19.4 Å². The molecule has 0 aromatic carbocycles. The molecule has 1 aliphatic rings. The maximum absolute atomic E-state index is 11.9. The molecule has 0 aromatic heterocycles. The van der Waals surface area contributed by atoms with Crippen molar-refractivity contribution in [3.8, 4) is 0 Å². The van der Waals surface area contributed by atoms with Crippen LogP contribution in [0.3, 0.4) is 0 Å². The first kappa shape index (κ1) is 20.6. The molecule has 1 aliphatic carbocycles. The molecule has 5 N–H and O–H groups in total. The lowest BCUT2D eigenvalue weighted by molar-refractivity contribution is -0.123. The van der Waals surface area contributed by atoms with Crippen molar-refractivity contribution in [2.75, 3.05) is 6.54 Å². The summed E-state index contributed by atoms with van der Waals surface area (Å²) in [5.74, 6) is 0.0214. The van der Waals surface area contributed by atoms with Crippen molar-refractivity contribution in [1.29, 1.82) is 0 Å². The summed E-state index contributed by atoms with van der Waals surface area (Å²) < 4.78 is 11.7. The molecule has 23 heavy (non-hydrogen) atoms. The van der Waals surface area contributed by atoms with Crippen LogP contribution in [-0.4, -0.2) is 40.3 Å². The fraction of sp³-hybridized carbons (Fsp3) is 0.938. The molecule has 5 atom stereocenters. The van der Waals surface area contributed by atoms with Gasteiger partial charge in [0.1, 0.15) is 0 Å². The third-order valence-corrected chi connectivity index (χ3v) is 6.48. The molecular formula is C16H33N2O4P. The van der Waals surface area contributed by atoms with Gasteiger partial charge < -0.3 is 21.1 Å². The van der Waals surface area contributed by atoms with E-state index in [1.165, 1.54) is 6.42 Å². The van der Waals surface area contributed by atoms with Gasteiger partial charge in [-0.2, -0.15) is 0 Å². The van der Waals surface area contributed by atoms with Gasteiger partial charge in [-0.3, -0.25) is 9.36 Å². The van der Waals surface area contributed by atoms with Crippen LogP contribution in [0.15, 0.2) is 0 Å². The Morgan fingerprint density at radius 1 is 1.35 bits per heavy atom. The predicted octanol–water partition coefficient (Wildman–Crippen LogP) is 1.64. The molecule has 1 amide bonds. The first-order chi connectivity index (χ1) is 10.9. The summed E-state index contributed by atoms with van der Waals surface area (Å²) in [5, 5.41) is 12.8. The number of carbonyl (C=O) groups is 1. The minimum Gasteiger partial charge on any atom is -0.391 e. The van der Waals surface area contributed by atoms with Crippen molar-refractivity contribution >= 4 is 13.9 Å². The zero-order valence-electron chi connectivity index (χ0n) is 14.3. The number of nitrogens with two attached hydrogens (primary N) is 1. The Morgan fingerprint density at radius 3 is 2.48 bits per heavy atom. The van der Waals surface area contributed by atoms with Gasteiger partial charge in [0.25, 0.3) is 0 Å². The zero-order chi connectivity index (χ0) is 17.4. The predicted molar refractivity (Wildman–Crippen MR) is 92.6 cm³/mol.